The van der Waals surface area contributed by atoms with Crippen molar-refractivity contribution < 1.29 is 0 Å². The molecule has 0 fully saturated rings. The highest BCUT2D eigenvalue weighted by molar-refractivity contribution is 6.17. The van der Waals surface area contributed by atoms with Crippen LogP contribution in [0.3, 0.4) is 0 Å². The van der Waals surface area contributed by atoms with Crippen LogP contribution < -0.4 is 21.7 Å². The molecule has 5 rings (SSSR count). The SMILES string of the molecule is C=C1c2c(C)cccc2C=C(CNc2ncnc(N)c2C(=N)c2ccccc2CN)N1c1ccccc1C. The van der Waals surface area contributed by atoms with Crippen molar-refractivity contribution in [1.29, 1.82) is 5.41 Å². The first kappa shape index (κ1) is 24.9. The molecule has 1 aromatic heterocycles. The first-order valence-corrected chi connectivity index (χ1v) is 12.5. The summed E-state index contributed by atoms with van der Waals surface area (Å²) in [5, 5.41) is 12.4. The van der Waals surface area contributed by atoms with E-state index < -0.39 is 0 Å². The lowest BCUT2D eigenvalue weighted by Crippen LogP contribution is -2.29. The highest BCUT2D eigenvalue weighted by atomic mass is 15.2. The molecule has 0 aliphatic carbocycles. The molecule has 0 atom stereocenters. The monoisotopic (exact) mass is 501 g/mol. The third-order valence-electron chi connectivity index (χ3n) is 6.90. The van der Waals surface area contributed by atoms with E-state index in [1.54, 1.807) is 0 Å². The second kappa shape index (κ2) is 10.3. The molecule has 0 saturated carbocycles. The van der Waals surface area contributed by atoms with E-state index in [0.717, 1.165) is 39.3 Å². The Labute approximate surface area is 223 Å². The number of nitrogens with zero attached hydrogens (tertiary/aromatic N) is 3. The van der Waals surface area contributed by atoms with Gasteiger partial charge in [0.25, 0.3) is 0 Å². The van der Waals surface area contributed by atoms with Crippen molar-refractivity contribution in [3.8, 4) is 0 Å². The third-order valence-corrected chi connectivity index (χ3v) is 6.90. The van der Waals surface area contributed by atoms with Gasteiger partial charge in [-0.3, -0.25) is 5.41 Å². The van der Waals surface area contributed by atoms with E-state index in [0.29, 0.717) is 30.0 Å². The molecule has 2 heterocycles. The average molecular weight is 502 g/mol. The summed E-state index contributed by atoms with van der Waals surface area (Å²) in [6.45, 7) is 9.45. The second-order valence-electron chi connectivity index (χ2n) is 9.32. The van der Waals surface area contributed by atoms with Crippen LogP contribution >= 0.6 is 0 Å². The predicted octanol–water partition coefficient (Wildman–Crippen LogP) is 5.49. The van der Waals surface area contributed by atoms with Gasteiger partial charge in [0.2, 0.25) is 0 Å². The smallest absolute Gasteiger partial charge is 0.141 e. The van der Waals surface area contributed by atoms with Gasteiger partial charge in [0.1, 0.15) is 18.0 Å². The van der Waals surface area contributed by atoms with Crippen LogP contribution in [0.1, 0.15) is 38.9 Å². The number of aromatic nitrogens is 2. The van der Waals surface area contributed by atoms with E-state index in [1.807, 2.05) is 36.4 Å². The number of nitrogens with one attached hydrogen (secondary N) is 2. The average Bonchev–Trinajstić information content (AvgIpc) is 2.92. The van der Waals surface area contributed by atoms with E-state index in [9.17, 15) is 0 Å². The fraction of sp³-hybridized carbons (Fsp3) is 0.129. The molecular weight excluding hydrogens is 470 g/mol. The number of nitrogen functional groups attached to an aromatic ring is 1. The summed E-state index contributed by atoms with van der Waals surface area (Å²) in [6, 6.07) is 22.1. The number of nitrogens with two attached hydrogens (primary N) is 2. The minimum absolute atomic E-state index is 0.227. The maximum absolute atomic E-state index is 8.98. The molecule has 7 nitrogen and oxygen atoms in total. The van der Waals surface area contributed by atoms with Gasteiger partial charge in [-0.1, -0.05) is 67.2 Å². The van der Waals surface area contributed by atoms with Crippen molar-refractivity contribution in [2.45, 2.75) is 20.4 Å². The van der Waals surface area contributed by atoms with E-state index in [2.05, 4.69) is 77.0 Å². The summed E-state index contributed by atoms with van der Waals surface area (Å²) in [5.41, 5.74) is 22.0. The molecule has 0 radical (unpaired) electrons. The second-order valence-corrected chi connectivity index (χ2v) is 9.32. The molecule has 190 valence electrons. The van der Waals surface area contributed by atoms with Gasteiger partial charge in [-0.2, -0.15) is 0 Å². The molecular formula is C31H31N7. The van der Waals surface area contributed by atoms with E-state index in [1.165, 1.54) is 11.9 Å². The largest absolute Gasteiger partial charge is 0.383 e. The Kier molecular flexibility index (Phi) is 6.77. The van der Waals surface area contributed by atoms with Crippen molar-refractivity contribution >= 4 is 34.8 Å². The number of rotatable bonds is 7. The Hall–Kier alpha value is -4.75. The van der Waals surface area contributed by atoms with Gasteiger partial charge in [-0.15, -0.1) is 0 Å². The fourth-order valence-electron chi connectivity index (χ4n) is 5.01. The number of anilines is 3. The van der Waals surface area contributed by atoms with E-state index in [-0.39, 0.29) is 11.5 Å². The van der Waals surface area contributed by atoms with Crippen molar-refractivity contribution in [2.24, 2.45) is 5.73 Å². The molecule has 0 unspecified atom stereocenters. The van der Waals surface area contributed by atoms with Gasteiger partial charge in [-0.25, -0.2) is 9.97 Å². The normalized spacial score (nSPS) is 12.7. The molecule has 0 bridgehead atoms. The summed E-state index contributed by atoms with van der Waals surface area (Å²) < 4.78 is 0. The lowest BCUT2D eigenvalue weighted by Gasteiger charge is -2.36. The Balaban J connectivity index is 1.55. The van der Waals surface area contributed by atoms with Gasteiger partial charge in [0.05, 0.1) is 17.8 Å². The number of para-hydroxylation sites is 1. The van der Waals surface area contributed by atoms with Crippen molar-refractivity contribution in [2.75, 3.05) is 22.5 Å². The molecule has 1 aliphatic heterocycles. The quantitative estimate of drug-likeness (QED) is 0.249. The number of hydrogen-bond acceptors (Lipinski definition) is 7. The lowest BCUT2D eigenvalue weighted by atomic mass is 9.93. The third kappa shape index (κ3) is 4.44. The van der Waals surface area contributed by atoms with Crippen LogP contribution in [-0.4, -0.2) is 22.2 Å². The molecule has 4 aromatic rings. The minimum atomic E-state index is 0.227. The Bertz CT molecular complexity index is 1590. The summed E-state index contributed by atoms with van der Waals surface area (Å²) in [6.07, 6.45) is 3.59. The lowest BCUT2D eigenvalue weighted by molar-refractivity contribution is 1.05. The highest BCUT2D eigenvalue weighted by Gasteiger charge is 2.26. The standard InChI is InChI=1S/C31H31N7/c1-19-9-4-7-14-26(19)38-21(3)27-20(2)10-8-12-22(27)15-24(38)17-35-31-28(30(34)36-18-37-31)29(33)25-13-6-5-11-23(25)16-32/h4-15,18,33H,3,16-17,32H2,1-2H3,(H3,34,35,36,37). The van der Waals surface area contributed by atoms with Crippen LogP contribution in [0.25, 0.3) is 11.8 Å². The summed E-state index contributed by atoms with van der Waals surface area (Å²) in [4.78, 5) is 10.8. The number of fused-ring (bicyclic) bond motifs is 1. The van der Waals surface area contributed by atoms with Crippen LogP contribution in [0.2, 0.25) is 0 Å². The molecule has 7 heteroatoms. The molecule has 1 aliphatic rings. The summed E-state index contributed by atoms with van der Waals surface area (Å²) >= 11 is 0. The molecule has 0 saturated heterocycles. The maximum Gasteiger partial charge on any atom is 0.141 e. The van der Waals surface area contributed by atoms with Gasteiger partial charge in [-0.05, 0) is 48.2 Å². The van der Waals surface area contributed by atoms with Crippen LogP contribution in [0.5, 0.6) is 0 Å². The van der Waals surface area contributed by atoms with Crippen molar-refractivity contribution in [3.63, 3.8) is 0 Å². The molecule has 0 spiro atoms. The highest BCUT2D eigenvalue weighted by Crippen LogP contribution is 2.39. The fourth-order valence-corrected chi connectivity index (χ4v) is 5.01. The number of aryl methyl sites for hydroxylation is 2. The molecule has 38 heavy (non-hydrogen) atoms. The van der Waals surface area contributed by atoms with Crippen molar-refractivity contribution in [3.05, 3.63) is 124 Å². The van der Waals surface area contributed by atoms with Crippen LogP contribution in [0, 0.1) is 19.3 Å². The van der Waals surface area contributed by atoms with Crippen molar-refractivity contribution in [1.82, 2.24) is 9.97 Å². The zero-order chi connectivity index (χ0) is 26.8. The Morgan fingerprint density at radius 2 is 1.71 bits per heavy atom. The Morgan fingerprint density at radius 1 is 0.974 bits per heavy atom. The van der Waals surface area contributed by atoms with Crippen LogP contribution in [-0.2, 0) is 6.54 Å². The van der Waals surface area contributed by atoms with Gasteiger partial charge >= 0.3 is 0 Å². The zero-order valence-electron chi connectivity index (χ0n) is 21.6. The van der Waals surface area contributed by atoms with Gasteiger partial charge in [0, 0.05) is 34.8 Å². The Morgan fingerprint density at radius 3 is 2.50 bits per heavy atom. The first-order chi connectivity index (χ1) is 18.4. The number of benzene rings is 3. The predicted molar refractivity (Wildman–Crippen MR) is 157 cm³/mol. The number of hydrogen-bond donors (Lipinski definition) is 4. The van der Waals surface area contributed by atoms with Gasteiger partial charge in [0.15, 0.2) is 0 Å². The minimum Gasteiger partial charge on any atom is -0.383 e. The van der Waals surface area contributed by atoms with Crippen LogP contribution in [0.15, 0.2) is 85.3 Å². The topological polar surface area (TPSA) is 117 Å². The zero-order valence-corrected chi connectivity index (χ0v) is 21.6. The molecule has 6 N–H and O–H groups in total. The summed E-state index contributed by atoms with van der Waals surface area (Å²) in [7, 11) is 0. The summed E-state index contributed by atoms with van der Waals surface area (Å²) in [5.74, 6) is 0.721. The first-order valence-electron chi connectivity index (χ1n) is 12.5. The van der Waals surface area contributed by atoms with Crippen LogP contribution in [0.4, 0.5) is 17.3 Å². The van der Waals surface area contributed by atoms with E-state index in [4.69, 9.17) is 16.9 Å². The molecule has 3 aromatic carbocycles. The molecule has 0 amide bonds. The maximum atomic E-state index is 8.98. The van der Waals surface area contributed by atoms with E-state index >= 15 is 0 Å². The van der Waals surface area contributed by atoms with Gasteiger partial charge < -0.3 is 21.7 Å².